The van der Waals surface area contributed by atoms with Crippen LogP contribution in [-0.4, -0.2) is 33.3 Å². The molecule has 21 heavy (non-hydrogen) atoms. The third-order valence-electron chi connectivity index (χ3n) is 3.83. The predicted octanol–water partition coefficient (Wildman–Crippen LogP) is 1.75. The lowest BCUT2D eigenvalue weighted by Gasteiger charge is -2.18. The zero-order chi connectivity index (χ0) is 14.8. The normalized spacial score (nSPS) is 18.8. The van der Waals surface area contributed by atoms with Crippen LogP contribution in [0.1, 0.15) is 36.8 Å². The zero-order valence-electron chi connectivity index (χ0n) is 11.5. The Morgan fingerprint density at radius 1 is 1.29 bits per heavy atom. The highest BCUT2D eigenvalue weighted by atomic mass is 32.1. The van der Waals surface area contributed by atoms with Crippen molar-refractivity contribution in [1.82, 2.24) is 10.3 Å². The summed E-state index contributed by atoms with van der Waals surface area (Å²) in [6, 6.07) is 7.61. The minimum Gasteiger partial charge on any atom is -0.383 e. The molecule has 2 unspecified atom stereocenters. The van der Waals surface area contributed by atoms with Gasteiger partial charge in [0.25, 0.3) is 5.91 Å². The predicted molar refractivity (Wildman–Crippen MR) is 81.0 cm³/mol. The van der Waals surface area contributed by atoms with E-state index >= 15 is 0 Å². The fraction of sp³-hybridized carbons (Fsp3) is 0.467. The summed E-state index contributed by atoms with van der Waals surface area (Å²) in [5, 5.41) is 23.4. The van der Waals surface area contributed by atoms with Gasteiger partial charge in [0.2, 0.25) is 0 Å². The Morgan fingerprint density at radius 2 is 2.00 bits per heavy atom. The van der Waals surface area contributed by atoms with Gasteiger partial charge in [0.15, 0.2) is 6.10 Å². The number of carbonyl (C=O) groups is 1. The summed E-state index contributed by atoms with van der Waals surface area (Å²) < 4.78 is 0.926. The number of aliphatic hydroxyl groups excluding tert-OH is 2. The number of hydrogen-bond donors (Lipinski definition) is 3. The zero-order valence-corrected chi connectivity index (χ0v) is 12.3. The number of aromatic nitrogens is 1. The van der Waals surface area contributed by atoms with Crippen molar-refractivity contribution in [3.63, 3.8) is 0 Å². The van der Waals surface area contributed by atoms with Crippen LogP contribution in [0.4, 0.5) is 0 Å². The number of aliphatic hydroxyl groups is 2. The van der Waals surface area contributed by atoms with Crippen LogP contribution in [0.5, 0.6) is 0 Å². The van der Waals surface area contributed by atoms with Crippen molar-refractivity contribution in [2.75, 3.05) is 0 Å². The van der Waals surface area contributed by atoms with Gasteiger partial charge in [-0.15, -0.1) is 11.3 Å². The molecule has 2 atom stereocenters. The Hall–Kier alpha value is -1.50. The quantitative estimate of drug-likeness (QED) is 0.803. The van der Waals surface area contributed by atoms with Gasteiger partial charge in [-0.2, -0.15) is 0 Å². The van der Waals surface area contributed by atoms with Crippen LogP contribution in [0.2, 0.25) is 0 Å². The fourth-order valence-electron chi connectivity index (χ4n) is 2.65. The van der Waals surface area contributed by atoms with Gasteiger partial charge in [-0.25, -0.2) is 4.98 Å². The average Bonchev–Trinajstić information content (AvgIpc) is 3.14. The third-order valence-corrected chi connectivity index (χ3v) is 4.94. The Morgan fingerprint density at radius 3 is 2.71 bits per heavy atom. The van der Waals surface area contributed by atoms with Gasteiger partial charge in [0, 0.05) is 6.04 Å². The van der Waals surface area contributed by atoms with Crippen LogP contribution in [0, 0.1) is 0 Å². The van der Waals surface area contributed by atoms with Gasteiger partial charge in [-0.1, -0.05) is 25.0 Å². The van der Waals surface area contributed by atoms with Gasteiger partial charge in [-0.05, 0) is 25.0 Å². The maximum absolute atomic E-state index is 12.0. The number of para-hydroxylation sites is 1. The van der Waals surface area contributed by atoms with Crippen molar-refractivity contribution >= 4 is 27.5 Å². The van der Waals surface area contributed by atoms with E-state index in [-0.39, 0.29) is 6.04 Å². The topological polar surface area (TPSA) is 82.5 Å². The molecule has 0 aliphatic heterocycles. The monoisotopic (exact) mass is 306 g/mol. The first-order valence-electron chi connectivity index (χ1n) is 7.17. The van der Waals surface area contributed by atoms with E-state index in [1.165, 1.54) is 11.3 Å². The molecular formula is C15H18N2O3S. The number of carbonyl (C=O) groups excluding carboxylic acids is 1. The molecule has 1 saturated carbocycles. The lowest BCUT2D eigenvalue weighted by atomic mass is 10.1. The van der Waals surface area contributed by atoms with Crippen LogP contribution in [0.25, 0.3) is 10.2 Å². The van der Waals surface area contributed by atoms with Crippen molar-refractivity contribution in [3.8, 4) is 0 Å². The molecule has 0 radical (unpaired) electrons. The molecule has 1 heterocycles. The summed E-state index contributed by atoms with van der Waals surface area (Å²) in [7, 11) is 0. The Labute approximate surface area is 126 Å². The van der Waals surface area contributed by atoms with Crippen LogP contribution in [-0.2, 0) is 4.79 Å². The molecule has 6 heteroatoms. The van der Waals surface area contributed by atoms with Gasteiger partial charge in [-0.3, -0.25) is 4.79 Å². The standard InChI is InChI=1S/C15H18N2O3S/c18-12(14(20)16-9-5-1-2-6-9)13(19)15-17-10-7-3-4-8-11(10)21-15/h3-4,7-9,12-13,18-19H,1-2,5-6H2,(H,16,20). The van der Waals surface area contributed by atoms with Crippen molar-refractivity contribution < 1.29 is 15.0 Å². The van der Waals surface area contributed by atoms with Crippen LogP contribution in [0.15, 0.2) is 24.3 Å². The van der Waals surface area contributed by atoms with Crippen molar-refractivity contribution in [1.29, 1.82) is 0 Å². The first-order valence-corrected chi connectivity index (χ1v) is 7.99. The number of thiazole rings is 1. The number of rotatable bonds is 4. The lowest BCUT2D eigenvalue weighted by Crippen LogP contribution is -2.42. The Bertz CT molecular complexity index is 604. The van der Waals surface area contributed by atoms with E-state index in [0.717, 1.165) is 35.9 Å². The number of nitrogens with zero attached hydrogens (tertiary/aromatic N) is 1. The van der Waals surface area contributed by atoms with E-state index < -0.39 is 18.1 Å². The number of nitrogens with one attached hydrogen (secondary N) is 1. The van der Waals surface area contributed by atoms with E-state index in [9.17, 15) is 15.0 Å². The van der Waals surface area contributed by atoms with Gasteiger partial charge in [0.1, 0.15) is 11.1 Å². The Balaban J connectivity index is 1.70. The lowest BCUT2D eigenvalue weighted by molar-refractivity contribution is -0.136. The molecule has 2 aromatic rings. The molecule has 3 N–H and O–H groups in total. The smallest absolute Gasteiger partial charge is 0.252 e. The molecule has 1 aromatic heterocycles. The molecular weight excluding hydrogens is 288 g/mol. The second-order valence-electron chi connectivity index (χ2n) is 5.40. The van der Waals surface area contributed by atoms with E-state index in [1.807, 2.05) is 24.3 Å². The highest BCUT2D eigenvalue weighted by Crippen LogP contribution is 2.28. The molecule has 1 amide bonds. The summed E-state index contributed by atoms with van der Waals surface area (Å²) in [5.74, 6) is -0.520. The second-order valence-corrected chi connectivity index (χ2v) is 6.46. The third kappa shape index (κ3) is 3.07. The van der Waals surface area contributed by atoms with E-state index in [4.69, 9.17) is 0 Å². The molecule has 1 aliphatic carbocycles. The van der Waals surface area contributed by atoms with Crippen LogP contribution < -0.4 is 5.32 Å². The molecule has 1 aromatic carbocycles. The van der Waals surface area contributed by atoms with E-state index in [2.05, 4.69) is 10.3 Å². The van der Waals surface area contributed by atoms with Crippen LogP contribution in [0.3, 0.4) is 0 Å². The second kappa shape index (κ2) is 6.09. The average molecular weight is 306 g/mol. The maximum Gasteiger partial charge on any atom is 0.252 e. The molecule has 3 rings (SSSR count). The van der Waals surface area contributed by atoms with Crippen molar-refractivity contribution in [2.24, 2.45) is 0 Å². The molecule has 112 valence electrons. The number of benzene rings is 1. The summed E-state index contributed by atoms with van der Waals surface area (Å²) in [6.45, 7) is 0. The minimum atomic E-state index is -1.48. The summed E-state index contributed by atoms with van der Waals surface area (Å²) >= 11 is 1.29. The van der Waals surface area contributed by atoms with Gasteiger partial charge < -0.3 is 15.5 Å². The van der Waals surface area contributed by atoms with Gasteiger partial charge >= 0.3 is 0 Å². The number of amides is 1. The summed E-state index contributed by atoms with van der Waals surface area (Å²) in [6.07, 6.45) is 1.31. The first-order chi connectivity index (χ1) is 10.1. The first kappa shape index (κ1) is 14.4. The minimum absolute atomic E-state index is 0.120. The van der Waals surface area contributed by atoms with Crippen LogP contribution >= 0.6 is 11.3 Å². The fourth-order valence-corrected chi connectivity index (χ4v) is 3.64. The number of fused-ring (bicyclic) bond motifs is 1. The highest BCUT2D eigenvalue weighted by Gasteiger charge is 2.30. The Kier molecular flexibility index (Phi) is 4.19. The molecule has 5 nitrogen and oxygen atoms in total. The highest BCUT2D eigenvalue weighted by molar-refractivity contribution is 7.18. The van der Waals surface area contributed by atoms with Gasteiger partial charge in [0.05, 0.1) is 10.2 Å². The molecule has 0 bridgehead atoms. The van der Waals surface area contributed by atoms with E-state index in [1.54, 1.807) is 0 Å². The van der Waals surface area contributed by atoms with E-state index in [0.29, 0.717) is 5.01 Å². The van der Waals surface area contributed by atoms with Crippen molar-refractivity contribution in [2.45, 2.75) is 43.9 Å². The number of hydrogen-bond acceptors (Lipinski definition) is 5. The molecule has 1 fully saturated rings. The summed E-state index contributed by atoms with van der Waals surface area (Å²) in [4.78, 5) is 16.3. The largest absolute Gasteiger partial charge is 0.383 e. The molecule has 0 spiro atoms. The SMILES string of the molecule is O=C(NC1CCCC1)C(O)C(O)c1nc2ccccc2s1. The van der Waals surface area contributed by atoms with Crippen molar-refractivity contribution in [3.05, 3.63) is 29.3 Å². The maximum atomic E-state index is 12.0. The molecule has 1 aliphatic rings. The summed E-state index contributed by atoms with van der Waals surface area (Å²) in [5.41, 5.74) is 0.764. The molecule has 0 saturated heterocycles.